The largest absolute Gasteiger partial charge is 0.432 e. The molecular weight excluding hydrogens is 390 g/mol. The maximum Gasteiger partial charge on any atom is 0.297 e. The molecule has 6 nitrogen and oxygen atoms in total. The van der Waals surface area contributed by atoms with Gasteiger partial charge in [-0.25, -0.2) is 4.98 Å². The molecule has 2 aromatic rings. The SMILES string of the molecule is c1ccc(C2CCN([C@@H]3COC4(C3)CN(c3ncco3)C4)CC2)c(C2CCOCC2)c1. The van der Waals surface area contributed by atoms with Gasteiger partial charge in [-0.15, -0.1) is 0 Å². The highest BCUT2D eigenvalue weighted by Crippen LogP contribution is 2.41. The summed E-state index contributed by atoms with van der Waals surface area (Å²) in [4.78, 5) is 9.14. The topological polar surface area (TPSA) is 51.0 Å². The number of aromatic nitrogens is 1. The molecule has 0 N–H and O–H groups in total. The third kappa shape index (κ3) is 3.79. The highest BCUT2D eigenvalue weighted by Gasteiger charge is 2.52. The molecule has 0 amide bonds. The summed E-state index contributed by atoms with van der Waals surface area (Å²) in [6.07, 6.45) is 9.33. The minimum absolute atomic E-state index is 0.00559. The molecule has 166 valence electrons. The van der Waals surface area contributed by atoms with Crippen molar-refractivity contribution < 1.29 is 13.9 Å². The fourth-order valence-corrected chi connectivity index (χ4v) is 6.27. The molecule has 0 aliphatic carbocycles. The van der Waals surface area contributed by atoms with E-state index in [9.17, 15) is 0 Å². The number of hydrogen-bond donors (Lipinski definition) is 0. The van der Waals surface area contributed by atoms with E-state index in [-0.39, 0.29) is 5.60 Å². The minimum Gasteiger partial charge on any atom is -0.432 e. The quantitative estimate of drug-likeness (QED) is 0.746. The van der Waals surface area contributed by atoms with Gasteiger partial charge >= 0.3 is 0 Å². The lowest BCUT2D eigenvalue weighted by atomic mass is 9.80. The fraction of sp³-hybridized carbons (Fsp3) is 0.640. The van der Waals surface area contributed by atoms with Gasteiger partial charge in [0.15, 0.2) is 0 Å². The number of anilines is 1. The second-order valence-electron chi connectivity index (χ2n) is 9.85. The van der Waals surface area contributed by atoms with E-state index in [4.69, 9.17) is 13.9 Å². The van der Waals surface area contributed by atoms with Gasteiger partial charge in [-0.1, -0.05) is 24.3 Å². The molecule has 1 spiro atoms. The van der Waals surface area contributed by atoms with Crippen LogP contribution in [0.1, 0.15) is 55.1 Å². The predicted molar refractivity (Wildman–Crippen MR) is 119 cm³/mol. The Morgan fingerprint density at radius 1 is 0.935 bits per heavy atom. The van der Waals surface area contributed by atoms with E-state index in [1.807, 2.05) is 0 Å². The summed E-state index contributed by atoms with van der Waals surface area (Å²) < 4.78 is 17.4. The molecular formula is C25H33N3O3. The van der Waals surface area contributed by atoms with Crippen molar-refractivity contribution in [2.45, 2.75) is 55.6 Å². The van der Waals surface area contributed by atoms with Gasteiger partial charge in [0.2, 0.25) is 0 Å². The van der Waals surface area contributed by atoms with Crippen molar-refractivity contribution in [3.63, 3.8) is 0 Å². The second-order valence-corrected chi connectivity index (χ2v) is 9.85. The Morgan fingerprint density at radius 2 is 1.65 bits per heavy atom. The van der Waals surface area contributed by atoms with Crippen LogP contribution in [0.4, 0.5) is 6.01 Å². The van der Waals surface area contributed by atoms with Crippen LogP contribution in [0.15, 0.2) is 41.1 Å². The van der Waals surface area contributed by atoms with Crippen LogP contribution in [-0.2, 0) is 9.47 Å². The van der Waals surface area contributed by atoms with Gasteiger partial charge in [0, 0.05) is 19.3 Å². The Morgan fingerprint density at radius 3 is 2.32 bits per heavy atom. The number of hydrogen-bond acceptors (Lipinski definition) is 6. The zero-order chi connectivity index (χ0) is 20.7. The van der Waals surface area contributed by atoms with Gasteiger partial charge in [-0.2, -0.15) is 0 Å². The van der Waals surface area contributed by atoms with Crippen LogP contribution in [0, 0.1) is 0 Å². The molecule has 1 aromatic carbocycles. The van der Waals surface area contributed by atoms with Crippen molar-refractivity contribution in [3.8, 4) is 0 Å². The number of piperidine rings is 1. The highest BCUT2D eigenvalue weighted by atomic mass is 16.5. The monoisotopic (exact) mass is 423 g/mol. The van der Waals surface area contributed by atoms with Gasteiger partial charge in [0.05, 0.1) is 25.9 Å². The van der Waals surface area contributed by atoms with Crippen molar-refractivity contribution in [2.24, 2.45) is 0 Å². The fourth-order valence-electron chi connectivity index (χ4n) is 6.27. The van der Waals surface area contributed by atoms with Gasteiger partial charge in [-0.05, 0) is 68.2 Å². The normalized spacial score (nSPS) is 27.6. The van der Waals surface area contributed by atoms with E-state index in [0.717, 1.165) is 45.3 Å². The van der Waals surface area contributed by atoms with Crippen LogP contribution in [0.2, 0.25) is 0 Å². The number of likely N-dealkylation sites (tertiary alicyclic amines) is 1. The summed E-state index contributed by atoms with van der Waals surface area (Å²) in [5.41, 5.74) is 3.20. The third-order valence-electron chi connectivity index (χ3n) is 7.98. The first-order chi connectivity index (χ1) is 15.3. The molecule has 6 rings (SSSR count). The van der Waals surface area contributed by atoms with Crippen molar-refractivity contribution in [1.29, 1.82) is 0 Å². The molecule has 4 saturated heterocycles. The number of oxazole rings is 1. The van der Waals surface area contributed by atoms with Crippen LogP contribution in [0.5, 0.6) is 0 Å². The molecule has 31 heavy (non-hydrogen) atoms. The van der Waals surface area contributed by atoms with Crippen molar-refractivity contribution >= 4 is 6.01 Å². The lowest BCUT2D eigenvalue weighted by Crippen LogP contribution is -2.62. The maximum atomic E-state index is 6.32. The summed E-state index contributed by atoms with van der Waals surface area (Å²) >= 11 is 0. The Bertz CT molecular complexity index is 866. The number of rotatable bonds is 4. The lowest BCUT2D eigenvalue weighted by Gasteiger charge is -2.46. The van der Waals surface area contributed by atoms with Crippen molar-refractivity contribution in [1.82, 2.24) is 9.88 Å². The first kappa shape index (κ1) is 19.8. The van der Waals surface area contributed by atoms with E-state index in [1.54, 1.807) is 23.6 Å². The van der Waals surface area contributed by atoms with Crippen LogP contribution >= 0.6 is 0 Å². The molecule has 0 unspecified atom stereocenters. The Labute approximate surface area is 184 Å². The molecule has 0 bridgehead atoms. The zero-order valence-electron chi connectivity index (χ0n) is 18.2. The molecule has 6 heteroatoms. The average molecular weight is 424 g/mol. The molecule has 4 aliphatic rings. The van der Waals surface area contributed by atoms with Crippen LogP contribution < -0.4 is 4.90 Å². The van der Waals surface area contributed by atoms with E-state index < -0.39 is 0 Å². The first-order valence-electron chi connectivity index (χ1n) is 12.0. The summed E-state index contributed by atoms with van der Waals surface area (Å²) in [5.74, 6) is 1.37. The lowest BCUT2D eigenvalue weighted by molar-refractivity contribution is -0.0215. The Hall–Kier alpha value is -1.89. The Kier molecular flexibility index (Phi) is 5.25. The first-order valence-corrected chi connectivity index (χ1v) is 12.0. The smallest absolute Gasteiger partial charge is 0.297 e. The van der Waals surface area contributed by atoms with E-state index in [0.29, 0.717) is 17.9 Å². The third-order valence-corrected chi connectivity index (χ3v) is 7.98. The Balaban J connectivity index is 1.05. The van der Waals surface area contributed by atoms with Crippen LogP contribution in [0.3, 0.4) is 0 Å². The summed E-state index contributed by atoms with van der Waals surface area (Å²) in [6, 6.07) is 10.5. The van der Waals surface area contributed by atoms with E-state index in [1.165, 1.54) is 38.8 Å². The van der Waals surface area contributed by atoms with Gasteiger partial charge in [0.1, 0.15) is 11.9 Å². The predicted octanol–water partition coefficient (Wildman–Crippen LogP) is 3.80. The summed E-state index contributed by atoms with van der Waals surface area (Å²) in [7, 11) is 0. The maximum absolute atomic E-state index is 6.32. The van der Waals surface area contributed by atoms with Gasteiger partial charge < -0.3 is 18.8 Å². The molecule has 1 atom stereocenters. The molecule has 5 heterocycles. The summed E-state index contributed by atoms with van der Waals surface area (Å²) in [5, 5.41) is 0. The highest BCUT2D eigenvalue weighted by molar-refractivity contribution is 5.36. The summed E-state index contributed by atoms with van der Waals surface area (Å²) in [6.45, 7) is 6.85. The second kappa shape index (κ2) is 8.23. The number of benzene rings is 1. The average Bonchev–Trinajstić information content (AvgIpc) is 3.49. The van der Waals surface area contributed by atoms with Gasteiger partial charge in [0.25, 0.3) is 6.01 Å². The number of ether oxygens (including phenoxy) is 2. The van der Waals surface area contributed by atoms with Crippen molar-refractivity contribution in [3.05, 3.63) is 47.9 Å². The zero-order valence-corrected chi connectivity index (χ0v) is 18.2. The molecule has 0 saturated carbocycles. The van der Waals surface area contributed by atoms with Crippen LogP contribution in [-0.4, -0.2) is 67.5 Å². The van der Waals surface area contributed by atoms with Gasteiger partial charge in [-0.3, -0.25) is 4.90 Å². The molecule has 1 aromatic heterocycles. The number of nitrogens with zero attached hydrogens (tertiary/aromatic N) is 3. The van der Waals surface area contributed by atoms with E-state index >= 15 is 0 Å². The molecule has 0 radical (unpaired) electrons. The molecule has 4 aliphatic heterocycles. The van der Waals surface area contributed by atoms with E-state index in [2.05, 4.69) is 39.0 Å². The molecule has 4 fully saturated rings. The minimum atomic E-state index is 0.00559. The standard InChI is InChI=1S/C25H33N3O3/c1-2-4-23(20-7-12-29-13-8-20)22(3-1)19-5-10-27(11-6-19)21-15-25(31-16-21)17-28(18-25)24-26-9-14-30-24/h1-4,9,14,19-21H,5-8,10-13,15-18H2/t21-/m0/s1. The van der Waals surface area contributed by atoms with Crippen LogP contribution in [0.25, 0.3) is 0 Å². The van der Waals surface area contributed by atoms with Crippen molar-refractivity contribution in [2.75, 3.05) is 50.9 Å².